The predicted octanol–water partition coefficient (Wildman–Crippen LogP) is 8.33. The van der Waals surface area contributed by atoms with E-state index in [4.69, 9.17) is 0 Å². The van der Waals surface area contributed by atoms with Gasteiger partial charge in [-0.3, -0.25) is 0 Å². The van der Waals surface area contributed by atoms with Crippen LogP contribution in [0, 0.1) is 14.1 Å². The van der Waals surface area contributed by atoms with E-state index in [1.165, 1.54) is 40.5 Å². The van der Waals surface area contributed by atoms with E-state index in [1.54, 1.807) is 12.1 Å². The van der Waals surface area contributed by atoms with Gasteiger partial charge in [-0.1, -0.05) is 139 Å². The van der Waals surface area contributed by atoms with Crippen LogP contribution in [-0.4, -0.2) is 5.97 Å². The minimum atomic E-state index is -1.09. The van der Waals surface area contributed by atoms with Crippen LogP contribution in [-0.2, 0) is 10.9 Å². The highest BCUT2D eigenvalue weighted by molar-refractivity contribution is 7.97. The maximum absolute atomic E-state index is 10.9. The van der Waals surface area contributed by atoms with Gasteiger partial charge in [-0.05, 0) is 108 Å². The van der Waals surface area contributed by atoms with Gasteiger partial charge in [0.05, 0.1) is 22.4 Å². The average molecular weight is 806 g/mol. The molecular weight excluding hydrogens is 755 g/mol. The fourth-order valence-corrected chi connectivity index (χ4v) is 10.3. The lowest BCUT2D eigenvalue weighted by Crippen LogP contribution is -3.61. The highest BCUT2D eigenvalue weighted by Gasteiger charge is 2.27. The predicted molar refractivity (Wildman–Crippen MR) is 210 cm³/mol. The van der Waals surface area contributed by atoms with Crippen LogP contribution in [0.15, 0.2) is 172 Å². The van der Waals surface area contributed by atoms with E-state index < -0.39 is 27.2 Å². The second kappa shape index (κ2) is 20.0. The van der Waals surface area contributed by atoms with Crippen LogP contribution in [0.2, 0.25) is 0 Å². The molecule has 2 nitrogen and oxygen atoms in total. The minimum Gasteiger partial charge on any atom is -0.545 e. The van der Waals surface area contributed by atoms with Gasteiger partial charge in [0.2, 0.25) is 3.57 Å². The zero-order valence-corrected chi connectivity index (χ0v) is 33.8. The Labute approximate surface area is 319 Å². The van der Waals surface area contributed by atoms with Crippen molar-refractivity contribution in [1.29, 1.82) is 0 Å². The Morgan fingerprint density at radius 2 is 0.902 bits per heavy atom. The molecule has 0 heterocycles. The first-order valence-corrected chi connectivity index (χ1v) is 21.0. The summed E-state index contributed by atoms with van der Waals surface area (Å²) >= 11 is -0.447. The van der Waals surface area contributed by atoms with Gasteiger partial charge >= 0.3 is 21.2 Å². The topological polar surface area (TPSA) is 40.1 Å². The highest BCUT2D eigenvalue weighted by atomic mass is 127. The molecule has 6 rings (SSSR count). The third kappa shape index (κ3) is 11.7. The number of hydrogen-bond acceptors (Lipinski definition) is 2. The first-order valence-electron chi connectivity index (χ1n) is 17.6. The molecule has 0 N–H and O–H groups in total. The number of aromatic carboxylic acids is 1. The van der Waals surface area contributed by atoms with E-state index in [0.29, 0.717) is 23.3 Å². The van der Waals surface area contributed by atoms with Gasteiger partial charge in [0.15, 0.2) is 18.3 Å². The van der Waals surface area contributed by atoms with Crippen LogP contribution in [0.25, 0.3) is 0 Å². The van der Waals surface area contributed by atoms with Crippen molar-refractivity contribution in [3.8, 4) is 0 Å². The first kappa shape index (κ1) is 39.7. The van der Waals surface area contributed by atoms with Crippen LogP contribution < -0.4 is 26.3 Å². The Balaban J connectivity index is 0.000000173. The van der Waals surface area contributed by atoms with Crippen LogP contribution in [0.4, 0.5) is 0 Å². The van der Waals surface area contributed by atoms with Crippen LogP contribution >= 0.6 is 0 Å². The molecule has 6 aromatic carbocycles. The van der Waals surface area contributed by atoms with E-state index in [2.05, 4.69) is 152 Å². The number of hydrogen-bond donors (Lipinski definition) is 0. The van der Waals surface area contributed by atoms with Crippen molar-refractivity contribution in [2.75, 3.05) is 0 Å². The normalized spacial score (nSPS) is 10.8. The van der Waals surface area contributed by atoms with E-state index >= 15 is 0 Å². The first-order chi connectivity index (χ1) is 24.6. The SMILES string of the molecule is Cc1c(C(C)C)cc(C(C)C)cc1C(C)C.O=C([O-])c1ccccc1[I+]c1ccccc1.c1ccc([S+](c2ccccc2)c2ccccc2)cc1. The van der Waals surface area contributed by atoms with Gasteiger partial charge in [0.25, 0.3) is 0 Å². The summed E-state index contributed by atoms with van der Waals surface area (Å²) in [5.41, 5.74) is 6.34. The van der Waals surface area contributed by atoms with Crippen molar-refractivity contribution in [1.82, 2.24) is 0 Å². The molecule has 51 heavy (non-hydrogen) atoms. The van der Waals surface area contributed by atoms with Crippen molar-refractivity contribution in [2.24, 2.45) is 0 Å². The lowest BCUT2D eigenvalue weighted by molar-refractivity contribution is -0.598. The summed E-state index contributed by atoms with van der Waals surface area (Å²) in [6.45, 7) is 16.0. The van der Waals surface area contributed by atoms with Gasteiger partial charge in [-0.15, -0.1) is 0 Å². The van der Waals surface area contributed by atoms with E-state index in [-0.39, 0.29) is 10.9 Å². The Morgan fingerprint density at radius 1 is 0.529 bits per heavy atom. The van der Waals surface area contributed by atoms with Gasteiger partial charge in [-0.25, -0.2) is 0 Å². The van der Waals surface area contributed by atoms with E-state index in [0.717, 1.165) is 3.57 Å². The molecule has 0 aromatic heterocycles. The molecule has 0 bridgehead atoms. The largest absolute Gasteiger partial charge is 0.545 e. The summed E-state index contributed by atoms with van der Waals surface area (Å²) in [6.07, 6.45) is 0. The molecule has 262 valence electrons. The number of benzene rings is 6. The molecule has 0 amide bonds. The monoisotopic (exact) mass is 805 g/mol. The molecule has 4 heteroatoms. The number of rotatable bonds is 9. The molecule has 6 aromatic rings. The van der Waals surface area contributed by atoms with E-state index in [1.807, 2.05) is 42.5 Å². The van der Waals surface area contributed by atoms with Gasteiger partial charge < -0.3 is 9.90 Å². The number of halogens is 1. The lowest BCUT2D eigenvalue weighted by Gasteiger charge is -2.20. The summed E-state index contributed by atoms with van der Waals surface area (Å²) in [4.78, 5) is 15.0. The second-order valence-corrected chi connectivity index (χ2v) is 18.2. The number of carbonyl (C=O) groups excluding carboxylic acids is 1. The molecule has 0 aliphatic rings. The number of carboxylic acids is 1. The Bertz CT molecular complexity index is 1800. The van der Waals surface area contributed by atoms with Gasteiger partial charge in [0.1, 0.15) is 0 Å². The molecule has 0 spiro atoms. The van der Waals surface area contributed by atoms with Crippen molar-refractivity contribution in [3.63, 3.8) is 0 Å². The Hall–Kier alpha value is -4.13. The fraction of sp³-hybridized carbons (Fsp3) is 0.213. The average Bonchev–Trinajstić information content (AvgIpc) is 3.14. The molecule has 0 saturated carbocycles. The zero-order chi connectivity index (χ0) is 36.8. The standard InChI is InChI=1S/C18H15S.C16H26.C13H9IO2/c1-4-10-16(11-5-1)19(17-12-6-2-7-13-17)18-14-8-3-9-15-18;1-10(2)14-8-15(11(3)4)13(7)16(9-14)12(5)6;15-13(16)11-8-4-5-9-12(11)14-10-6-2-1-3-7-10/h1-15H;8-12H,1-7H3;1-9H/q+1;;. The summed E-state index contributed by atoms with van der Waals surface area (Å²) in [7, 11) is -0.0146. The van der Waals surface area contributed by atoms with Crippen LogP contribution in [0.5, 0.6) is 0 Å². The third-order valence-corrected chi connectivity index (χ3v) is 13.5. The Kier molecular flexibility index (Phi) is 15.6. The quantitative estimate of drug-likeness (QED) is 0.109. The minimum absolute atomic E-state index is 0.0146. The maximum atomic E-state index is 10.9. The highest BCUT2D eigenvalue weighted by Crippen LogP contribution is 2.32. The molecular formula is C47H50IO2S+. The molecule has 0 saturated heterocycles. The van der Waals surface area contributed by atoms with Gasteiger partial charge in [-0.2, -0.15) is 0 Å². The van der Waals surface area contributed by atoms with Crippen molar-refractivity contribution >= 4 is 16.9 Å². The van der Waals surface area contributed by atoms with Crippen molar-refractivity contribution < 1.29 is 31.1 Å². The molecule has 0 unspecified atom stereocenters. The van der Waals surface area contributed by atoms with E-state index in [9.17, 15) is 9.90 Å². The van der Waals surface area contributed by atoms with Crippen molar-refractivity contribution in [2.45, 2.75) is 80.9 Å². The summed E-state index contributed by atoms with van der Waals surface area (Å²) in [5, 5.41) is 10.9. The molecule has 0 aliphatic carbocycles. The van der Waals surface area contributed by atoms with Gasteiger partial charge in [0, 0.05) is 0 Å². The second-order valence-electron chi connectivity index (χ2n) is 13.2. The zero-order valence-electron chi connectivity index (χ0n) is 30.8. The van der Waals surface area contributed by atoms with Crippen LogP contribution in [0.1, 0.15) is 91.9 Å². The maximum Gasteiger partial charge on any atom is 0.358 e. The van der Waals surface area contributed by atoms with Crippen molar-refractivity contribution in [3.05, 3.63) is 193 Å². The smallest absolute Gasteiger partial charge is 0.358 e. The molecule has 0 atom stereocenters. The summed E-state index contributed by atoms with van der Waals surface area (Å²) in [6, 6.07) is 54.0. The molecule has 0 radical (unpaired) electrons. The fourth-order valence-electron chi connectivity index (χ4n) is 5.70. The molecule has 0 aliphatic heterocycles. The van der Waals surface area contributed by atoms with Crippen LogP contribution in [0.3, 0.4) is 0 Å². The number of carboxylic acid groups (broad SMARTS) is 1. The number of carbonyl (C=O) groups is 1. The third-order valence-electron chi connectivity index (χ3n) is 8.40. The summed E-state index contributed by atoms with van der Waals surface area (Å²) < 4.78 is 2.10. The Morgan fingerprint density at radius 3 is 1.27 bits per heavy atom. The summed E-state index contributed by atoms with van der Waals surface area (Å²) in [5.74, 6) is 0.772. The lowest BCUT2D eigenvalue weighted by atomic mass is 9.85. The molecule has 0 fully saturated rings.